The zero-order valence-corrected chi connectivity index (χ0v) is 20.9. The fourth-order valence-electron chi connectivity index (χ4n) is 2.84. The zero-order valence-electron chi connectivity index (χ0n) is 20.1. The van der Waals surface area contributed by atoms with Crippen LogP contribution in [0.4, 0.5) is 0 Å². The molecular formula is C24H40ClN3O3. The maximum atomic E-state index is 11.7. The molecule has 0 spiro atoms. The highest BCUT2D eigenvalue weighted by Gasteiger charge is 2.25. The summed E-state index contributed by atoms with van der Waals surface area (Å²) in [4.78, 5) is 34.8. The smallest absolute Gasteiger partial charge is 0.230 e. The average Bonchev–Trinajstić information content (AvgIpc) is 3.18. The molecule has 176 valence electrons. The SMILES string of the molecule is C/C(N)=C/C(=O)CC(=O)N1CCC[C@H]1C.CC.CC.Cc1cc(CNC=O)ccc1Cl. The lowest BCUT2D eigenvalue weighted by atomic mass is 10.1. The van der Waals surface area contributed by atoms with Crippen LogP contribution in [0.1, 0.15) is 71.9 Å². The Hall–Kier alpha value is -2.34. The minimum atomic E-state index is -0.209. The van der Waals surface area contributed by atoms with Crippen LogP contribution in [0, 0.1) is 6.92 Å². The lowest BCUT2D eigenvalue weighted by Gasteiger charge is -2.20. The highest BCUT2D eigenvalue weighted by atomic mass is 35.5. The first-order valence-corrected chi connectivity index (χ1v) is 11.3. The number of nitrogens with zero attached hydrogens (tertiary/aromatic N) is 1. The van der Waals surface area contributed by atoms with E-state index in [0.717, 1.165) is 35.5 Å². The first kappa shape index (κ1) is 30.9. The standard InChI is InChI=1S/C11H18N2O2.C9H10ClNO.2C2H6/c1-8(12)6-10(14)7-11(15)13-5-3-4-9(13)2;1-7-4-8(5-11-6-12)2-3-9(7)10;2*1-2/h6,9H,3-5,7,12H2,1-2H3;2-4,6H,5H2,1H3,(H,11,12);2*1-2H3/b8-6-;;;/t9-;;;/m1.../s1. The van der Waals surface area contributed by atoms with E-state index in [9.17, 15) is 14.4 Å². The number of ketones is 1. The van der Waals surface area contributed by atoms with Gasteiger partial charge in [-0.15, -0.1) is 0 Å². The van der Waals surface area contributed by atoms with Crippen molar-refractivity contribution >= 4 is 29.7 Å². The second-order valence-corrected chi connectivity index (χ2v) is 7.10. The van der Waals surface area contributed by atoms with Crippen molar-refractivity contribution in [3.8, 4) is 0 Å². The maximum Gasteiger partial charge on any atom is 0.230 e. The van der Waals surface area contributed by atoms with Crippen LogP contribution < -0.4 is 11.1 Å². The summed E-state index contributed by atoms with van der Waals surface area (Å²) in [5.41, 5.74) is 7.90. The summed E-state index contributed by atoms with van der Waals surface area (Å²) in [6.07, 6.45) is 4.01. The largest absolute Gasteiger partial charge is 0.402 e. The minimum Gasteiger partial charge on any atom is -0.402 e. The number of benzene rings is 1. The van der Waals surface area contributed by atoms with Gasteiger partial charge in [0.2, 0.25) is 12.3 Å². The zero-order chi connectivity index (χ0) is 24.4. The second kappa shape index (κ2) is 18.4. The molecule has 1 fully saturated rings. The summed E-state index contributed by atoms with van der Waals surface area (Å²) in [6.45, 7) is 14.9. The van der Waals surface area contributed by atoms with Gasteiger partial charge >= 0.3 is 0 Å². The van der Waals surface area contributed by atoms with Gasteiger partial charge in [0.1, 0.15) is 0 Å². The number of carbonyl (C=O) groups excluding carboxylic acids is 3. The number of hydrogen-bond acceptors (Lipinski definition) is 4. The van der Waals surface area contributed by atoms with E-state index < -0.39 is 0 Å². The topological polar surface area (TPSA) is 92.5 Å². The molecule has 1 aromatic carbocycles. The Kier molecular flexibility index (Phi) is 18.3. The van der Waals surface area contributed by atoms with Crippen LogP contribution >= 0.6 is 11.6 Å². The summed E-state index contributed by atoms with van der Waals surface area (Å²) < 4.78 is 0. The number of rotatable bonds is 6. The third-order valence-electron chi connectivity index (χ3n) is 4.20. The molecule has 6 nitrogen and oxygen atoms in total. The molecule has 0 bridgehead atoms. The van der Waals surface area contributed by atoms with Gasteiger partial charge in [-0.25, -0.2) is 0 Å². The molecule has 0 saturated carbocycles. The van der Waals surface area contributed by atoms with Gasteiger partial charge < -0.3 is 16.0 Å². The molecule has 1 aliphatic heterocycles. The van der Waals surface area contributed by atoms with E-state index in [0.29, 0.717) is 18.7 Å². The van der Waals surface area contributed by atoms with Crippen molar-refractivity contribution in [1.29, 1.82) is 0 Å². The van der Waals surface area contributed by atoms with Crippen molar-refractivity contribution in [1.82, 2.24) is 10.2 Å². The Morgan fingerprint density at radius 1 is 1.26 bits per heavy atom. The molecule has 1 saturated heterocycles. The van der Waals surface area contributed by atoms with Crippen LogP contribution in [-0.4, -0.2) is 35.6 Å². The molecule has 3 N–H and O–H groups in total. The Bertz CT molecular complexity index is 701. The molecule has 1 atom stereocenters. The van der Waals surface area contributed by atoms with Crippen molar-refractivity contribution in [2.24, 2.45) is 5.73 Å². The van der Waals surface area contributed by atoms with Gasteiger partial charge in [-0.1, -0.05) is 51.4 Å². The molecule has 7 heteroatoms. The van der Waals surface area contributed by atoms with Crippen LogP contribution in [0.5, 0.6) is 0 Å². The molecule has 1 aliphatic rings. The van der Waals surface area contributed by atoms with Gasteiger partial charge in [0.15, 0.2) is 5.78 Å². The predicted octanol–water partition coefficient (Wildman–Crippen LogP) is 4.77. The number of nitrogens with two attached hydrogens (primary N) is 1. The molecule has 1 heterocycles. The predicted molar refractivity (Wildman–Crippen MR) is 130 cm³/mol. The van der Waals surface area contributed by atoms with Gasteiger partial charge in [-0.2, -0.15) is 0 Å². The molecule has 1 aromatic rings. The van der Waals surface area contributed by atoms with Crippen LogP contribution in [0.3, 0.4) is 0 Å². The molecular weight excluding hydrogens is 414 g/mol. The van der Waals surface area contributed by atoms with E-state index in [4.69, 9.17) is 17.3 Å². The quantitative estimate of drug-likeness (QED) is 0.368. The number of likely N-dealkylation sites (tertiary alicyclic amines) is 1. The van der Waals surface area contributed by atoms with Crippen LogP contribution in [0.15, 0.2) is 30.0 Å². The Morgan fingerprint density at radius 2 is 1.87 bits per heavy atom. The van der Waals surface area contributed by atoms with Crippen molar-refractivity contribution in [3.63, 3.8) is 0 Å². The average molecular weight is 454 g/mol. The summed E-state index contributed by atoms with van der Waals surface area (Å²) in [5.74, 6) is -0.290. The number of nitrogens with one attached hydrogen (secondary N) is 1. The fraction of sp³-hybridized carbons (Fsp3) is 0.542. The van der Waals surface area contributed by atoms with E-state index in [-0.39, 0.29) is 24.2 Å². The number of amides is 2. The highest BCUT2D eigenvalue weighted by molar-refractivity contribution is 6.31. The number of allylic oxidation sites excluding steroid dienone is 2. The summed E-state index contributed by atoms with van der Waals surface area (Å²) >= 11 is 5.82. The van der Waals surface area contributed by atoms with Crippen molar-refractivity contribution in [2.45, 2.75) is 80.3 Å². The number of aryl methyl sites for hydroxylation is 1. The first-order chi connectivity index (χ1) is 14.7. The van der Waals surface area contributed by atoms with Gasteiger partial charge in [0.25, 0.3) is 0 Å². The molecule has 0 aromatic heterocycles. The summed E-state index contributed by atoms with van der Waals surface area (Å²) in [5, 5.41) is 3.34. The third kappa shape index (κ3) is 13.6. The van der Waals surface area contributed by atoms with E-state index in [2.05, 4.69) is 5.32 Å². The van der Waals surface area contributed by atoms with Crippen molar-refractivity contribution in [3.05, 3.63) is 46.1 Å². The van der Waals surface area contributed by atoms with Crippen LogP contribution in [0.25, 0.3) is 0 Å². The molecule has 2 rings (SSSR count). The first-order valence-electron chi connectivity index (χ1n) is 10.9. The second-order valence-electron chi connectivity index (χ2n) is 6.69. The Labute approximate surface area is 193 Å². The molecule has 2 amide bonds. The van der Waals surface area contributed by atoms with E-state index in [1.807, 2.05) is 59.7 Å². The van der Waals surface area contributed by atoms with Gasteiger partial charge in [0, 0.05) is 35.9 Å². The monoisotopic (exact) mass is 453 g/mol. The van der Waals surface area contributed by atoms with E-state index in [1.165, 1.54) is 6.08 Å². The Morgan fingerprint density at radius 3 is 2.32 bits per heavy atom. The summed E-state index contributed by atoms with van der Waals surface area (Å²) in [7, 11) is 0. The van der Waals surface area contributed by atoms with Crippen molar-refractivity contribution in [2.75, 3.05) is 6.54 Å². The summed E-state index contributed by atoms with van der Waals surface area (Å²) in [6, 6.07) is 5.96. The molecule has 31 heavy (non-hydrogen) atoms. The van der Waals surface area contributed by atoms with E-state index >= 15 is 0 Å². The van der Waals surface area contributed by atoms with Gasteiger partial charge in [-0.05, 0) is 50.8 Å². The fourth-order valence-corrected chi connectivity index (χ4v) is 2.95. The number of carbonyl (C=O) groups is 3. The van der Waals surface area contributed by atoms with E-state index in [1.54, 1.807) is 11.8 Å². The molecule has 0 radical (unpaired) electrons. The van der Waals surface area contributed by atoms with Crippen molar-refractivity contribution < 1.29 is 14.4 Å². The number of halogens is 1. The lowest BCUT2D eigenvalue weighted by Crippen LogP contribution is -2.34. The maximum absolute atomic E-state index is 11.7. The highest BCUT2D eigenvalue weighted by Crippen LogP contribution is 2.17. The van der Waals surface area contributed by atoms with Gasteiger partial charge in [0.05, 0.1) is 6.42 Å². The Balaban J connectivity index is 0. The molecule has 0 unspecified atom stereocenters. The normalized spacial score (nSPS) is 14.6. The van der Waals surface area contributed by atoms with Crippen LogP contribution in [-0.2, 0) is 20.9 Å². The third-order valence-corrected chi connectivity index (χ3v) is 4.62. The van der Waals surface area contributed by atoms with Crippen LogP contribution in [0.2, 0.25) is 5.02 Å². The minimum absolute atomic E-state index is 0.0567. The lowest BCUT2D eigenvalue weighted by molar-refractivity contribution is -0.134. The molecule has 0 aliphatic carbocycles. The van der Waals surface area contributed by atoms with Gasteiger partial charge in [-0.3, -0.25) is 14.4 Å². The number of hydrogen-bond donors (Lipinski definition) is 2.